The van der Waals surface area contributed by atoms with Crippen LogP contribution in [0.3, 0.4) is 0 Å². The van der Waals surface area contributed by atoms with Crippen molar-refractivity contribution in [2.45, 2.75) is 32.4 Å². The largest absolute Gasteiger partial charge is 0.352 e. The number of rotatable bonds is 12. The van der Waals surface area contributed by atoms with Crippen molar-refractivity contribution in [2.24, 2.45) is 5.73 Å². The van der Waals surface area contributed by atoms with Gasteiger partial charge in [0.25, 0.3) is 5.69 Å². The lowest BCUT2D eigenvalue weighted by molar-refractivity contribution is -0.385. The van der Waals surface area contributed by atoms with Crippen LogP contribution in [0.15, 0.2) is 103 Å². The molecule has 0 unspecified atom stereocenters. The molecule has 4 aromatic rings. The van der Waals surface area contributed by atoms with Crippen LogP contribution in [-0.4, -0.2) is 28.7 Å². The second kappa shape index (κ2) is 14.9. The lowest BCUT2D eigenvalue weighted by Crippen LogP contribution is -2.40. The van der Waals surface area contributed by atoms with Crippen molar-refractivity contribution < 1.29 is 24.1 Å². The third-order valence-electron chi connectivity index (χ3n) is 6.78. The third-order valence-corrected chi connectivity index (χ3v) is 6.78. The molecule has 0 saturated carbocycles. The Balaban J connectivity index is 1.60. The molecule has 224 valence electrons. The van der Waals surface area contributed by atoms with Crippen LogP contribution in [0.4, 0.5) is 16.2 Å². The number of hydrogen-bond acceptors (Lipinski definition) is 6. The monoisotopic (exact) mass is 593 g/mol. The van der Waals surface area contributed by atoms with Crippen molar-refractivity contribution in [3.63, 3.8) is 0 Å². The first-order valence-corrected chi connectivity index (χ1v) is 13.8. The smallest absolute Gasteiger partial charge is 0.312 e. The molecule has 4 N–H and O–H groups in total. The SMILES string of the molecule is NC(=O)NCc1ccc(CNC(=O)Cc2c(N(C(=O)Cc3ccccc3)C(=O)Cc3ccccc3)cccc2[N+](=O)[O-])cc1. The molecule has 0 atom stereocenters. The van der Waals surface area contributed by atoms with Gasteiger partial charge in [-0.25, -0.2) is 9.69 Å². The van der Waals surface area contributed by atoms with Crippen LogP contribution in [0.2, 0.25) is 0 Å². The van der Waals surface area contributed by atoms with Gasteiger partial charge in [-0.15, -0.1) is 0 Å². The predicted octanol–water partition coefficient (Wildman–Crippen LogP) is 3.97. The Hall–Kier alpha value is -5.84. The van der Waals surface area contributed by atoms with Gasteiger partial charge in [-0.2, -0.15) is 0 Å². The van der Waals surface area contributed by atoms with Gasteiger partial charge in [0.15, 0.2) is 0 Å². The van der Waals surface area contributed by atoms with Crippen LogP contribution in [0, 0.1) is 10.1 Å². The highest BCUT2D eigenvalue weighted by Gasteiger charge is 2.30. The molecule has 5 amide bonds. The normalized spacial score (nSPS) is 10.5. The Kier molecular flexibility index (Phi) is 10.5. The number of nitrogens with two attached hydrogens (primary N) is 1. The fourth-order valence-corrected chi connectivity index (χ4v) is 4.62. The number of nitrogens with one attached hydrogen (secondary N) is 2. The predicted molar refractivity (Wildman–Crippen MR) is 164 cm³/mol. The van der Waals surface area contributed by atoms with Crippen molar-refractivity contribution in [1.29, 1.82) is 0 Å². The van der Waals surface area contributed by atoms with Gasteiger partial charge in [-0.1, -0.05) is 91.0 Å². The van der Waals surface area contributed by atoms with Crippen LogP contribution in [0.25, 0.3) is 0 Å². The zero-order valence-electron chi connectivity index (χ0n) is 23.8. The van der Waals surface area contributed by atoms with E-state index in [0.29, 0.717) is 11.1 Å². The average molecular weight is 594 g/mol. The van der Waals surface area contributed by atoms with Gasteiger partial charge >= 0.3 is 6.03 Å². The molecule has 0 aliphatic heterocycles. The quantitative estimate of drug-likeness (QED) is 0.166. The zero-order valence-corrected chi connectivity index (χ0v) is 23.8. The van der Waals surface area contributed by atoms with E-state index in [0.717, 1.165) is 16.0 Å². The Morgan fingerprint density at radius 1 is 0.636 bits per heavy atom. The molecule has 44 heavy (non-hydrogen) atoms. The number of carbonyl (C=O) groups excluding carboxylic acids is 4. The number of nitrogens with zero attached hydrogens (tertiary/aromatic N) is 2. The summed E-state index contributed by atoms with van der Waals surface area (Å²) in [5.41, 5.74) is 7.54. The van der Waals surface area contributed by atoms with Crippen LogP contribution >= 0.6 is 0 Å². The van der Waals surface area contributed by atoms with Crippen LogP contribution in [0.5, 0.6) is 0 Å². The highest BCUT2D eigenvalue weighted by molar-refractivity contribution is 6.16. The molecule has 0 bridgehead atoms. The van der Waals surface area contributed by atoms with Crippen molar-refractivity contribution in [2.75, 3.05) is 4.90 Å². The molecule has 0 aromatic heterocycles. The minimum absolute atomic E-state index is 0.0116. The minimum Gasteiger partial charge on any atom is -0.352 e. The summed E-state index contributed by atoms with van der Waals surface area (Å²) in [5, 5.41) is 17.3. The molecular weight excluding hydrogens is 562 g/mol. The molecule has 0 aliphatic carbocycles. The molecular formula is C33H31N5O6. The van der Waals surface area contributed by atoms with Gasteiger partial charge in [-0.3, -0.25) is 24.5 Å². The summed E-state index contributed by atoms with van der Waals surface area (Å²) >= 11 is 0. The number of amides is 5. The van der Waals surface area contributed by atoms with E-state index in [9.17, 15) is 29.3 Å². The lowest BCUT2D eigenvalue weighted by atomic mass is 10.0. The number of anilines is 1. The maximum Gasteiger partial charge on any atom is 0.312 e. The molecule has 0 radical (unpaired) electrons. The minimum atomic E-state index is -0.641. The van der Waals surface area contributed by atoms with E-state index in [2.05, 4.69) is 10.6 Å². The number of carbonyl (C=O) groups is 4. The second-order valence-electron chi connectivity index (χ2n) is 9.97. The van der Waals surface area contributed by atoms with E-state index in [4.69, 9.17) is 5.73 Å². The standard InChI is InChI=1S/C33H31N5O6/c34-33(42)36-22-26-16-14-25(15-17-26)21-35-30(39)20-27-28(12-7-13-29(27)38(43)44)37(31(40)18-23-8-3-1-4-9-23)32(41)19-24-10-5-2-6-11-24/h1-17H,18-22H2,(H,35,39)(H3,34,36,42). The number of hydrogen-bond donors (Lipinski definition) is 3. The highest BCUT2D eigenvalue weighted by Crippen LogP contribution is 2.31. The van der Waals surface area contributed by atoms with E-state index >= 15 is 0 Å². The molecule has 4 aromatic carbocycles. The van der Waals surface area contributed by atoms with E-state index in [-0.39, 0.29) is 42.9 Å². The molecule has 4 rings (SSSR count). The van der Waals surface area contributed by atoms with Gasteiger partial charge < -0.3 is 16.4 Å². The molecule has 0 saturated heterocycles. The molecule has 0 aliphatic rings. The van der Waals surface area contributed by atoms with Crippen molar-refractivity contribution in [3.8, 4) is 0 Å². The summed E-state index contributed by atoms with van der Waals surface area (Å²) in [7, 11) is 0. The second-order valence-corrected chi connectivity index (χ2v) is 9.97. The summed E-state index contributed by atoms with van der Waals surface area (Å²) in [5.74, 6) is -1.69. The first kappa shape index (κ1) is 31.1. The molecule has 0 spiro atoms. The van der Waals surface area contributed by atoms with Crippen molar-refractivity contribution >= 4 is 35.1 Å². The zero-order chi connectivity index (χ0) is 31.5. The van der Waals surface area contributed by atoms with Crippen LogP contribution in [0.1, 0.15) is 27.8 Å². The van der Waals surface area contributed by atoms with E-state index < -0.39 is 35.1 Å². The highest BCUT2D eigenvalue weighted by atomic mass is 16.6. The fraction of sp³-hybridized carbons (Fsp3) is 0.152. The topological polar surface area (TPSA) is 165 Å². The first-order valence-electron chi connectivity index (χ1n) is 13.8. The summed E-state index contributed by atoms with van der Waals surface area (Å²) in [6, 6.07) is 28.2. The third kappa shape index (κ3) is 8.58. The van der Waals surface area contributed by atoms with E-state index in [1.165, 1.54) is 18.2 Å². The lowest BCUT2D eigenvalue weighted by Gasteiger charge is -2.24. The Labute approximate surface area is 253 Å². The molecule has 11 nitrogen and oxygen atoms in total. The Morgan fingerprint density at radius 2 is 1.14 bits per heavy atom. The number of imide groups is 1. The van der Waals surface area contributed by atoms with Crippen LogP contribution in [-0.2, 0) is 46.7 Å². The Morgan fingerprint density at radius 3 is 1.61 bits per heavy atom. The fourth-order valence-electron chi connectivity index (χ4n) is 4.62. The van der Waals surface area contributed by atoms with E-state index in [1.807, 2.05) is 0 Å². The first-order chi connectivity index (χ1) is 21.2. The van der Waals surface area contributed by atoms with Crippen molar-refractivity contribution in [3.05, 3.63) is 141 Å². The molecule has 0 heterocycles. The number of nitro benzene ring substituents is 1. The number of urea groups is 1. The number of nitro groups is 1. The molecule has 0 fully saturated rings. The summed E-state index contributed by atoms with van der Waals surface area (Å²) < 4.78 is 0. The number of benzene rings is 4. The van der Waals surface area contributed by atoms with Gasteiger partial charge in [0.2, 0.25) is 17.7 Å². The van der Waals surface area contributed by atoms with Crippen molar-refractivity contribution in [1.82, 2.24) is 10.6 Å². The summed E-state index contributed by atoms with van der Waals surface area (Å²) in [6.45, 7) is 0.382. The van der Waals surface area contributed by atoms with Gasteiger partial charge in [0.05, 0.1) is 35.4 Å². The summed E-state index contributed by atoms with van der Waals surface area (Å²) in [4.78, 5) is 63.8. The average Bonchev–Trinajstić information content (AvgIpc) is 3.01. The van der Waals surface area contributed by atoms with Gasteiger partial charge in [-0.05, 0) is 28.3 Å². The maximum atomic E-state index is 13.7. The summed E-state index contributed by atoms with van der Waals surface area (Å²) in [6.07, 6.45) is -0.692. The van der Waals surface area contributed by atoms with Gasteiger partial charge in [0, 0.05) is 19.2 Å². The van der Waals surface area contributed by atoms with Gasteiger partial charge in [0.1, 0.15) is 0 Å². The Bertz CT molecular complexity index is 1590. The molecule has 11 heteroatoms. The van der Waals surface area contributed by atoms with E-state index in [1.54, 1.807) is 84.9 Å². The van der Waals surface area contributed by atoms with Crippen LogP contribution < -0.4 is 21.3 Å². The maximum absolute atomic E-state index is 13.7. The number of primary amides is 1.